The lowest BCUT2D eigenvalue weighted by molar-refractivity contribution is 0.391. The maximum absolute atomic E-state index is 8.85. The Hall–Kier alpha value is -1.53. The van der Waals surface area contributed by atoms with Gasteiger partial charge in [0.15, 0.2) is 0 Å². The molecule has 1 saturated heterocycles. The van der Waals surface area contributed by atoms with Gasteiger partial charge in [-0.15, -0.1) is 0 Å². The molecular weight excluding hydrogens is 222 g/mol. The molecule has 1 aromatic rings. The Morgan fingerprint density at radius 1 is 1.39 bits per heavy atom. The monoisotopic (exact) mass is 243 g/mol. The molecule has 18 heavy (non-hydrogen) atoms. The number of benzene rings is 1. The quantitative estimate of drug-likeness (QED) is 0.867. The largest absolute Gasteiger partial charge is 0.368 e. The molecule has 1 aliphatic heterocycles. The lowest BCUT2D eigenvalue weighted by Crippen LogP contribution is -2.55. The van der Waals surface area contributed by atoms with Crippen LogP contribution < -0.4 is 10.2 Å². The van der Waals surface area contributed by atoms with E-state index in [-0.39, 0.29) is 6.04 Å². The summed E-state index contributed by atoms with van der Waals surface area (Å²) in [5.74, 6) is 0. The van der Waals surface area contributed by atoms with Crippen LogP contribution in [0.1, 0.15) is 24.5 Å². The Bertz CT molecular complexity index is 461. The highest BCUT2D eigenvalue weighted by Gasteiger charge is 2.24. The van der Waals surface area contributed by atoms with Gasteiger partial charge in [0.2, 0.25) is 0 Å². The Balaban J connectivity index is 2.21. The molecule has 0 spiro atoms. The molecule has 1 fully saturated rings. The van der Waals surface area contributed by atoms with Gasteiger partial charge in [-0.1, -0.05) is 12.1 Å². The number of piperazine rings is 1. The first-order valence-corrected chi connectivity index (χ1v) is 6.55. The first-order chi connectivity index (χ1) is 8.60. The second-order valence-corrected chi connectivity index (χ2v) is 5.32. The molecule has 0 saturated carbocycles. The van der Waals surface area contributed by atoms with Crippen molar-refractivity contribution < 1.29 is 0 Å². The average Bonchev–Trinajstić information content (AvgIpc) is 2.32. The van der Waals surface area contributed by atoms with Crippen LogP contribution in [0.25, 0.3) is 0 Å². The van der Waals surface area contributed by atoms with Crippen molar-refractivity contribution in [2.24, 2.45) is 0 Å². The van der Waals surface area contributed by atoms with E-state index >= 15 is 0 Å². The summed E-state index contributed by atoms with van der Waals surface area (Å²) >= 11 is 0. The van der Waals surface area contributed by atoms with Gasteiger partial charge in [-0.05, 0) is 38.0 Å². The molecule has 3 heteroatoms. The Morgan fingerprint density at radius 3 is 2.89 bits per heavy atom. The molecule has 1 heterocycles. The fraction of sp³-hybridized carbons (Fsp3) is 0.533. The third-order valence-electron chi connectivity index (χ3n) is 3.50. The van der Waals surface area contributed by atoms with Crippen molar-refractivity contribution in [3.05, 3.63) is 29.3 Å². The molecule has 2 atom stereocenters. The molecular formula is C15H21N3. The number of anilines is 1. The lowest BCUT2D eigenvalue weighted by atomic mass is 10.0. The summed E-state index contributed by atoms with van der Waals surface area (Å²) in [6.07, 6.45) is 0.575. The zero-order chi connectivity index (χ0) is 13.1. The third-order valence-corrected chi connectivity index (χ3v) is 3.50. The molecule has 0 amide bonds. The summed E-state index contributed by atoms with van der Waals surface area (Å²) in [7, 11) is 0. The summed E-state index contributed by atoms with van der Waals surface area (Å²) < 4.78 is 0. The van der Waals surface area contributed by atoms with Crippen LogP contribution in [0.2, 0.25) is 0 Å². The molecule has 0 aromatic heterocycles. The normalized spacial score (nSPS) is 23.8. The topological polar surface area (TPSA) is 39.1 Å². The molecule has 0 aliphatic carbocycles. The molecule has 1 N–H and O–H groups in total. The number of nitriles is 1. The maximum atomic E-state index is 8.85. The number of nitrogens with zero attached hydrogens (tertiary/aromatic N) is 2. The van der Waals surface area contributed by atoms with Crippen LogP contribution in [-0.4, -0.2) is 25.2 Å². The van der Waals surface area contributed by atoms with Crippen LogP contribution in [0, 0.1) is 25.2 Å². The first-order valence-electron chi connectivity index (χ1n) is 6.55. The van der Waals surface area contributed by atoms with E-state index in [0.29, 0.717) is 12.5 Å². The molecule has 3 nitrogen and oxygen atoms in total. The van der Waals surface area contributed by atoms with E-state index in [9.17, 15) is 0 Å². The van der Waals surface area contributed by atoms with Crippen LogP contribution >= 0.6 is 0 Å². The van der Waals surface area contributed by atoms with Crippen molar-refractivity contribution in [2.75, 3.05) is 18.0 Å². The zero-order valence-corrected chi connectivity index (χ0v) is 11.4. The number of rotatable bonds is 2. The van der Waals surface area contributed by atoms with Gasteiger partial charge in [-0.25, -0.2) is 0 Å². The van der Waals surface area contributed by atoms with Crippen LogP contribution in [0.3, 0.4) is 0 Å². The van der Waals surface area contributed by atoms with E-state index in [4.69, 9.17) is 5.26 Å². The molecule has 1 aromatic carbocycles. The van der Waals surface area contributed by atoms with E-state index in [1.165, 1.54) is 16.8 Å². The zero-order valence-electron chi connectivity index (χ0n) is 11.4. The minimum absolute atomic E-state index is 0.277. The molecule has 0 radical (unpaired) electrons. The fourth-order valence-electron chi connectivity index (χ4n) is 2.67. The smallest absolute Gasteiger partial charge is 0.0638 e. The van der Waals surface area contributed by atoms with Crippen LogP contribution in [0.15, 0.2) is 18.2 Å². The number of hydrogen-bond donors (Lipinski definition) is 1. The summed E-state index contributed by atoms with van der Waals surface area (Å²) in [5, 5.41) is 12.3. The van der Waals surface area contributed by atoms with Crippen LogP contribution in [0.5, 0.6) is 0 Å². The van der Waals surface area contributed by atoms with Gasteiger partial charge in [-0.2, -0.15) is 5.26 Å². The Morgan fingerprint density at radius 2 is 2.17 bits per heavy atom. The van der Waals surface area contributed by atoms with Gasteiger partial charge < -0.3 is 10.2 Å². The SMILES string of the molecule is Cc1ccc(C)c(N2CC(C)NC(CC#N)C2)c1. The van der Waals surface area contributed by atoms with E-state index < -0.39 is 0 Å². The van der Waals surface area contributed by atoms with E-state index in [0.717, 1.165) is 13.1 Å². The van der Waals surface area contributed by atoms with Crippen LogP contribution in [0.4, 0.5) is 5.69 Å². The van der Waals surface area contributed by atoms with Crippen molar-refractivity contribution in [3.63, 3.8) is 0 Å². The Labute approximate surface area is 109 Å². The maximum Gasteiger partial charge on any atom is 0.0638 e. The standard InChI is InChI=1S/C15H21N3/c1-11-4-5-12(2)15(8-11)18-9-13(3)17-14(10-18)6-7-16/h4-5,8,13-14,17H,6,9-10H2,1-3H3. The summed E-state index contributed by atoms with van der Waals surface area (Å²) in [4.78, 5) is 2.41. The predicted molar refractivity (Wildman–Crippen MR) is 74.7 cm³/mol. The molecule has 96 valence electrons. The van der Waals surface area contributed by atoms with Gasteiger partial charge in [0.05, 0.1) is 12.5 Å². The van der Waals surface area contributed by atoms with Crippen molar-refractivity contribution in [3.8, 4) is 6.07 Å². The molecule has 2 rings (SSSR count). The van der Waals surface area contributed by atoms with Gasteiger partial charge >= 0.3 is 0 Å². The molecule has 2 unspecified atom stereocenters. The van der Waals surface area contributed by atoms with E-state index in [2.05, 4.69) is 55.3 Å². The highest BCUT2D eigenvalue weighted by Crippen LogP contribution is 2.24. The number of hydrogen-bond acceptors (Lipinski definition) is 3. The second-order valence-electron chi connectivity index (χ2n) is 5.32. The third kappa shape index (κ3) is 2.83. The minimum Gasteiger partial charge on any atom is -0.368 e. The van der Waals surface area contributed by atoms with Crippen molar-refractivity contribution in [2.45, 2.75) is 39.3 Å². The second kappa shape index (κ2) is 5.41. The fourth-order valence-corrected chi connectivity index (χ4v) is 2.67. The summed E-state index contributed by atoms with van der Waals surface area (Å²) in [6, 6.07) is 9.55. The average molecular weight is 243 g/mol. The van der Waals surface area contributed by atoms with E-state index in [1.54, 1.807) is 0 Å². The van der Waals surface area contributed by atoms with Crippen molar-refractivity contribution in [1.29, 1.82) is 5.26 Å². The lowest BCUT2D eigenvalue weighted by Gasteiger charge is -2.39. The van der Waals surface area contributed by atoms with E-state index in [1.807, 2.05) is 0 Å². The van der Waals surface area contributed by atoms with Gasteiger partial charge in [-0.3, -0.25) is 0 Å². The first kappa shape index (κ1) is 12.9. The molecule has 1 aliphatic rings. The highest BCUT2D eigenvalue weighted by molar-refractivity contribution is 5.55. The van der Waals surface area contributed by atoms with Crippen molar-refractivity contribution >= 4 is 5.69 Å². The summed E-state index contributed by atoms with van der Waals surface area (Å²) in [6.45, 7) is 8.39. The van der Waals surface area contributed by atoms with Crippen LogP contribution in [-0.2, 0) is 0 Å². The molecule has 0 bridgehead atoms. The van der Waals surface area contributed by atoms with Gasteiger partial charge in [0.1, 0.15) is 0 Å². The minimum atomic E-state index is 0.277. The van der Waals surface area contributed by atoms with Gasteiger partial charge in [0, 0.05) is 30.9 Å². The van der Waals surface area contributed by atoms with Gasteiger partial charge in [0.25, 0.3) is 0 Å². The summed E-state index contributed by atoms with van der Waals surface area (Å²) in [5.41, 5.74) is 3.91. The Kier molecular flexibility index (Phi) is 3.88. The number of aryl methyl sites for hydroxylation is 2. The highest BCUT2D eigenvalue weighted by atomic mass is 15.2. The van der Waals surface area contributed by atoms with Crippen molar-refractivity contribution in [1.82, 2.24) is 5.32 Å². The number of nitrogens with one attached hydrogen (secondary N) is 1. The predicted octanol–water partition coefficient (Wildman–Crippen LogP) is 2.38.